The average molecular weight is 252 g/mol. The van der Waals surface area contributed by atoms with Crippen molar-refractivity contribution >= 4 is 28.2 Å². The number of thiazole rings is 1. The van der Waals surface area contributed by atoms with E-state index in [-0.39, 0.29) is 0 Å². The summed E-state index contributed by atoms with van der Waals surface area (Å²) >= 11 is 3.17. The summed E-state index contributed by atoms with van der Waals surface area (Å²) in [5.41, 5.74) is 6.59. The molecule has 2 aromatic rings. The third kappa shape index (κ3) is 2.68. The van der Waals surface area contributed by atoms with Crippen LogP contribution in [0, 0.1) is 0 Å². The lowest BCUT2D eigenvalue weighted by Gasteiger charge is -2.06. The second-order valence-corrected chi connectivity index (χ2v) is 5.02. The summed E-state index contributed by atoms with van der Waals surface area (Å²) in [6.45, 7) is 0. The van der Waals surface area contributed by atoms with Gasteiger partial charge < -0.3 is 10.5 Å². The van der Waals surface area contributed by atoms with Crippen molar-refractivity contribution < 1.29 is 4.74 Å². The maximum absolute atomic E-state index is 5.58. The Balaban J connectivity index is 2.04. The second-order valence-electron chi connectivity index (χ2n) is 3.12. The zero-order valence-corrected chi connectivity index (χ0v) is 10.5. The van der Waals surface area contributed by atoms with Crippen LogP contribution in [-0.2, 0) is 5.75 Å². The highest BCUT2D eigenvalue weighted by Gasteiger charge is 2.04. The van der Waals surface area contributed by atoms with Crippen LogP contribution in [0.15, 0.2) is 34.5 Å². The van der Waals surface area contributed by atoms with Gasteiger partial charge in [-0.15, -0.1) is 23.1 Å². The largest absolute Gasteiger partial charge is 0.496 e. The Morgan fingerprint density at radius 2 is 2.25 bits per heavy atom. The Hall–Kier alpha value is -1.20. The second kappa shape index (κ2) is 5.23. The third-order valence-electron chi connectivity index (χ3n) is 2.01. The Bertz CT molecular complexity index is 471. The van der Waals surface area contributed by atoms with E-state index < -0.39 is 0 Å². The summed E-state index contributed by atoms with van der Waals surface area (Å²) in [7, 11) is 1.68. The predicted molar refractivity (Wildman–Crippen MR) is 69.1 cm³/mol. The van der Waals surface area contributed by atoms with Crippen molar-refractivity contribution in [2.75, 3.05) is 12.8 Å². The lowest BCUT2D eigenvalue weighted by Crippen LogP contribution is -1.87. The number of nitrogens with two attached hydrogens (primary N) is 1. The van der Waals surface area contributed by atoms with Gasteiger partial charge in [0.05, 0.1) is 12.8 Å². The van der Waals surface area contributed by atoms with Crippen LogP contribution in [0.1, 0.15) is 5.69 Å². The number of benzene rings is 1. The molecule has 1 aromatic carbocycles. The Kier molecular flexibility index (Phi) is 3.69. The van der Waals surface area contributed by atoms with Gasteiger partial charge >= 0.3 is 0 Å². The van der Waals surface area contributed by atoms with E-state index in [1.54, 1.807) is 18.9 Å². The van der Waals surface area contributed by atoms with Gasteiger partial charge in [0.15, 0.2) is 5.13 Å². The lowest BCUT2D eigenvalue weighted by molar-refractivity contribution is 0.405. The number of anilines is 1. The normalized spacial score (nSPS) is 10.3. The first-order valence-electron chi connectivity index (χ1n) is 4.75. The molecule has 0 saturated carbocycles. The van der Waals surface area contributed by atoms with Crippen LogP contribution in [0.25, 0.3) is 0 Å². The van der Waals surface area contributed by atoms with Crippen LogP contribution >= 0.6 is 23.1 Å². The number of methoxy groups -OCH3 is 1. The Morgan fingerprint density at radius 1 is 1.44 bits per heavy atom. The molecule has 1 heterocycles. The summed E-state index contributed by atoms with van der Waals surface area (Å²) < 4.78 is 5.28. The van der Waals surface area contributed by atoms with E-state index in [0.717, 1.165) is 22.1 Å². The van der Waals surface area contributed by atoms with E-state index in [1.807, 2.05) is 29.6 Å². The number of rotatable bonds is 4. The predicted octanol–water partition coefficient (Wildman–Crippen LogP) is 3.03. The number of aromatic nitrogens is 1. The van der Waals surface area contributed by atoms with Gasteiger partial charge in [0, 0.05) is 16.0 Å². The molecule has 0 aliphatic rings. The minimum atomic E-state index is 0.621. The molecule has 0 aliphatic heterocycles. The van der Waals surface area contributed by atoms with E-state index >= 15 is 0 Å². The third-order valence-corrected chi connectivity index (χ3v) is 3.83. The van der Waals surface area contributed by atoms with Crippen molar-refractivity contribution in [3.63, 3.8) is 0 Å². The molecule has 5 heteroatoms. The van der Waals surface area contributed by atoms with E-state index in [9.17, 15) is 0 Å². The molecule has 1 aromatic heterocycles. The van der Waals surface area contributed by atoms with Crippen LogP contribution in [0.2, 0.25) is 0 Å². The first-order valence-corrected chi connectivity index (χ1v) is 6.62. The van der Waals surface area contributed by atoms with E-state index in [0.29, 0.717) is 5.13 Å². The quantitative estimate of drug-likeness (QED) is 0.850. The van der Waals surface area contributed by atoms with E-state index in [4.69, 9.17) is 10.5 Å². The van der Waals surface area contributed by atoms with Crippen molar-refractivity contribution in [2.45, 2.75) is 10.6 Å². The van der Waals surface area contributed by atoms with Gasteiger partial charge in [-0.2, -0.15) is 0 Å². The molecule has 0 saturated heterocycles. The van der Waals surface area contributed by atoms with Crippen LogP contribution in [0.4, 0.5) is 5.13 Å². The van der Waals surface area contributed by atoms with E-state index in [1.165, 1.54) is 11.3 Å². The Labute approximate surface area is 103 Å². The molecule has 84 valence electrons. The van der Waals surface area contributed by atoms with Crippen molar-refractivity contribution in [3.05, 3.63) is 35.3 Å². The number of hydrogen-bond acceptors (Lipinski definition) is 5. The van der Waals surface area contributed by atoms with Gasteiger partial charge in [0.25, 0.3) is 0 Å². The van der Waals surface area contributed by atoms with Gasteiger partial charge in [-0.1, -0.05) is 12.1 Å². The fraction of sp³-hybridized carbons (Fsp3) is 0.182. The summed E-state index contributed by atoms with van der Waals surface area (Å²) in [4.78, 5) is 5.34. The van der Waals surface area contributed by atoms with Crippen molar-refractivity contribution in [1.82, 2.24) is 4.98 Å². The number of hydrogen-bond donors (Lipinski definition) is 1. The number of ether oxygens (including phenoxy) is 1. The standard InChI is InChI=1S/C11H12N2OS2/c1-14-9-4-2-3-5-10(9)15-6-8-7-16-11(12)13-8/h2-5,7H,6H2,1H3,(H2,12,13). The molecule has 16 heavy (non-hydrogen) atoms. The first kappa shape index (κ1) is 11.3. The molecule has 0 spiro atoms. The molecule has 0 unspecified atom stereocenters. The smallest absolute Gasteiger partial charge is 0.180 e. The minimum Gasteiger partial charge on any atom is -0.496 e. The SMILES string of the molecule is COc1ccccc1SCc1csc(N)n1. The highest BCUT2D eigenvalue weighted by atomic mass is 32.2. The summed E-state index contributed by atoms with van der Waals surface area (Å²) in [5.74, 6) is 1.71. The fourth-order valence-corrected chi connectivity index (χ4v) is 2.87. The molecular formula is C11H12N2OS2. The molecule has 2 rings (SSSR count). The zero-order chi connectivity index (χ0) is 11.4. The number of nitrogen functional groups attached to an aromatic ring is 1. The molecule has 0 fully saturated rings. The van der Waals surface area contributed by atoms with Crippen LogP contribution in [0.5, 0.6) is 5.75 Å². The summed E-state index contributed by atoms with van der Waals surface area (Å²) in [5, 5.41) is 2.60. The minimum absolute atomic E-state index is 0.621. The van der Waals surface area contributed by atoms with E-state index in [2.05, 4.69) is 4.98 Å². The van der Waals surface area contributed by atoms with Gasteiger partial charge in [-0.3, -0.25) is 0 Å². The van der Waals surface area contributed by atoms with Crippen LogP contribution < -0.4 is 10.5 Å². The first-order chi connectivity index (χ1) is 7.79. The molecule has 2 N–H and O–H groups in total. The number of para-hydroxylation sites is 1. The average Bonchev–Trinajstić information content (AvgIpc) is 2.73. The maximum Gasteiger partial charge on any atom is 0.180 e. The zero-order valence-electron chi connectivity index (χ0n) is 8.84. The van der Waals surface area contributed by atoms with Crippen molar-refractivity contribution in [2.24, 2.45) is 0 Å². The molecule has 0 radical (unpaired) electrons. The van der Waals surface area contributed by atoms with Gasteiger partial charge in [0.1, 0.15) is 5.75 Å². The van der Waals surface area contributed by atoms with Crippen LogP contribution in [-0.4, -0.2) is 12.1 Å². The molecule has 0 bridgehead atoms. The monoisotopic (exact) mass is 252 g/mol. The molecular weight excluding hydrogens is 240 g/mol. The van der Waals surface area contributed by atoms with Gasteiger partial charge in [0.2, 0.25) is 0 Å². The molecule has 0 aliphatic carbocycles. The molecule has 0 amide bonds. The van der Waals surface area contributed by atoms with Crippen molar-refractivity contribution in [1.29, 1.82) is 0 Å². The Morgan fingerprint density at radius 3 is 2.94 bits per heavy atom. The molecule has 0 atom stereocenters. The highest BCUT2D eigenvalue weighted by molar-refractivity contribution is 7.98. The summed E-state index contributed by atoms with van der Waals surface area (Å²) in [6.07, 6.45) is 0. The van der Waals surface area contributed by atoms with Crippen molar-refractivity contribution in [3.8, 4) is 5.75 Å². The number of thioether (sulfide) groups is 1. The summed E-state index contributed by atoms with van der Waals surface area (Å²) in [6, 6.07) is 7.96. The van der Waals surface area contributed by atoms with Gasteiger partial charge in [-0.05, 0) is 12.1 Å². The molecule has 3 nitrogen and oxygen atoms in total. The fourth-order valence-electron chi connectivity index (χ4n) is 1.28. The highest BCUT2D eigenvalue weighted by Crippen LogP contribution is 2.31. The lowest BCUT2D eigenvalue weighted by atomic mass is 10.3. The van der Waals surface area contributed by atoms with Gasteiger partial charge in [-0.25, -0.2) is 4.98 Å². The number of nitrogens with zero attached hydrogens (tertiary/aromatic N) is 1. The van der Waals surface area contributed by atoms with Crippen LogP contribution in [0.3, 0.4) is 0 Å². The maximum atomic E-state index is 5.58. The topological polar surface area (TPSA) is 48.1 Å².